The molecule has 1 atom stereocenters. The second-order valence-corrected chi connectivity index (χ2v) is 6.43. The molecular weight excluding hydrogens is 312 g/mol. The molecule has 3 aromatic rings. The molecule has 2 aromatic carbocycles. The molecule has 0 fully saturated rings. The lowest BCUT2D eigenvalue weighted by Crippen LogP contribution is -2.31. The summed E-state index contributed by atoms with van der Waals surface area (Å²) in [6.07, 6.45) is 1.96. The van der Waals surface area contributed by atoms with Crippen LogP contribution in [0.5, 0.6) is 0 Å². The molecule has 0 radical (unpaired) electrons. The number of nitrogens with zero attached hydrogens (tertiary/aromatic N) is 4. The summed E-state index contributed by atoms with van der Waals surface area (Å²) in [5.41, 5.74) is 4.48. The molecule has 0 N–H and O–H groups in total. The predicted octanol–water partition coefficient (Wildman–Crippen LogP) is 3.34. The van der Waals surface area contributed by atoms with Crippen LogP contribution in [-0.4, -0.2) is 32.8 Å². The van der Waals surface area contributed by atoms with Gasteiger partial charge in [0.15, 0.2) is 5.69 Å². The van der Waals surface area contributed by atoms with Gasteiger partial charge in [0.1, 0.15) is 0 Å². The Morgan fingerprint density at radius 1 is 1.08 bits per heavy atom. The first-order chi connectivity index (χ1) is 12.1. The first-order valence-electron chi connectivity index (χ1n) is 8.49. The van der Waals surface area contributed by atoms with Crippen LogP contribution in [0.2, 0.25) is 0 Å². The van der Waals surface area contributed by atoms with Crippen molar-refractivity contribution in [2.24, 2.45) is 0 Å². The Balaban J connectivity index is 1.62. The minimum Gasteiger partial charge on any atom is -0.333 e. The first kappa shape index (κ1) is 15.6. The lowest BCUT2D eigenvalue weighted by molar-refractivity contribution is 0.0723. The number of para-hydroxylation sites is 1. The van der Waals surface area contributed by atoms with E-state index < -0.39 is 0 Å². The van der Waals surface area contributed by atoms with Crippen LogP contribution in [0, 0.1) is 6.92 Å². The summed E-state index contributed by atoms with van der Waals surface area (Å²) in [5.74, 6) is -0.0821. The van der Waals surface area contributed by atoms with Crippen LogP contribution < -0.4 is 0 Å². The van der Waals surface area contributed by atoms with E-state index in [-0.39, 0.29) is 11.9 Å². The van der Waals surface area contributed by atoms with E-state index in [2.05, 4.69) is 28.4 Å². The Kier molecular flexibility index (Phi) is 3.84. The van der Waals surface area contributed by atoms with Gasteiger partial charge >= 0.3 is 0 Å². The third kappa shape index (κ3) is 2.71. The second kappa shape index (κ2) is 6.16. The number of amides is 1. The average molecular weight is 332 g/mol. The van der Waals surface area contributed by atoms with Crippen LogP contribution in [0.4, 0.5) is 0 Å². The highest BCUT2D eigenvalue weighted by molar-refractivity contribution is 5.93. The number of aromatic nitrogens is 3. The smallest absolute Gasteiger partial charge is 0.276 e. The van der Waals surface area contributed by atoms with Crippen molar-refractivity contribution in [2.75, 3.05) is 7.05 Å². The van der Waals surface area contributed by atoms with Gasteiger partial charge in [-0.05, 0) is 43.0 Å². The third-order valence-corrected chi connectivity index (χ3v) is 4.86. The van der Waals surface area contributed by atoms with Crippen LogP contribution in [0.25, 0.3) is 5.69 Å². The summed E-state index contributed by atoms with van der Waals surface area (Å²) in [6, 6.07) is 18.1. The van der Waals surface area contributed by atoms with Gasteiger partial charge in [0, 0.05) is 7.05 Å². The molecule has 0 bridgehead atoms. The molecule has 1 aliphatic carbocycles. The van der Waals surface area contributed by atoms with Gasteiger partial charge in [0.2, 0.25) is 0 Å². The van der Waals surface area contributed by atoms with E-state index in [4.69, 9.17) is 0 Å². The number of aryl methyl sites for hydroxylation is 2. The first-order valence-corrected chi connectivity index (χ1v) is 8.49. The Hall–Kier alpha value is -2.95. The fourth-order valence-corrected chi connectivity index (χ4v) is 3.50. The summed E-state index contributed by atoms with van der Waals surface area (Å²) in [4.78, 5) is 16.3. The van der Waals surface area contributed by atoms with E-state index in [0.29, 0.717) is 11.4 Å². The Morgan fingerprint density at radius 2 is 1.80 bits per heavy atom. The molecule has 1 unspecified atom stereocenters. The highest BCUT2D eigenvalue weighted by Gasteiger charge is 2.31. The van der Waals surface area contributed by atoms with Gasteiger partial charge in [0.05, 0.1) is 17.4 Å². The van der Waals surface area contributed by atoms with E-state index in [1.54, 1.807) is 4.90 Å². The number of fused-ring (bicyclic) bond motifs is 1. The highest BCUT2D eigenvalue weighted by Crippen LogP contribution is 2.35. The van der Waals surface area contributed by atoms with Crippen molar-refractivity contribution in [3.63, 3.8) is 0 Å². The molecule has 0 aliphatic heterocycles. The largest absolute Gasteiger partial charge is 0.333 e. The van der Waals surface area contributed by atoms with Gasteiger partial charge < -0.3 is 4.90 Å². The Morgan fingerprint density at radius 3 is 2.60 bits per heavy atom. The van der Waals surface area contributed by atoms with E-state index in [1.165, 1.54) is 15.9 Å². The molecule has 1 aliphatic rings. The molecule has 126 valence electrons. The van der Waals surface area contributed by atoms with E-state index in [0.717, 1.165) is 18.5 Å². The standard InChI is InChI=1S/C20H20N4O/c1-14-19(22-24(21-14)16-9-4-3-5-10-16)20(25)23(2)18-13-12-15-8-6-7-11-17(15)18/h3-11,18H,12-13H2,1-2H3. The molecule has 1 heterocycles. The molecule has 1 aromatic heterocycles. The fraction of sp³-hybridized carbons (Fsp3) is 0.250. The SMILES string of the molecule is Cc1nn(-c2ccccc2)nc1C(=O)N(C)C1CCc2ccccc21. The van der Waals surface area contributed by atoms with Gasteiger partial charge in [-0.15, -0.1) is 5.10 Å². The van der Waals surface area contributed by atoms with E-state index >= 15 is 0 Å². The molecule has 4 rings (SSSR count). The zero-order valence-corrected chi connectivity index (χ0v) is 14.4. The lowest BCUT2D eigenvalue weighted by Gasteiger charge is -2.24. The van der Waals surface area contributed by atoms with Crippen molar-refractivity contribution in [2.45, 2.75) is 25.8 Å². The van der Waals surface area contributed by atoms with Crippen LogP contribution in [0.1, 0.15) is 39.8 Å². The second-order valence-electron chi connectivity index (χ2n) is 6.43. The number of carbonyl (C=O) groups is 1. The molecule has 1 amide bonds. The maximum absolute atomic E-state index is 13.0. The van der Waals surface area contributed by atoms with Crippen molar-refractivity contribution in [1.82, 2.24) is 19.9 Å². The van der Waals surface area contributed by atoms with Crippen LogP contribution >= 0.6 is 0 Å². The molecule has 0 saturated heterocycles. The number of benzene rings is 2. The molecule has 0 saturated carbocycles. The quantitative estimate of drug-likeness (QED) is 0.739. The van der Waals surface area contributed by atoms with E-state index in [1.807, 2.05) is 50.4 Å². The van der Waals surface area contributed by atoms with Crippen molar-refractivity contribution >= 4 is 5.91 Å². The predicted molar refractivity (Wildman–Crippen MR) is 95.7 cm³/mol. The molecule has 5 heteroatoms. The van der Waals surface area contributed by atoms with Gasteiger partial charge in [-0.3, -0.25) is 4.79 Å². The minimum atomic E-state index is -0.0821. The minimum absolute atomic E-state index is 0.0821. The Labute approximate surface area is 146 Å². The molecule has 0 spiro atoms. The number of carbonyl (C=O) groups excluding carboxylic acids is 1. The maximum Gasteiger partial charge on any atom is 0.276 e. The topological polar surface area (TPSA) is 51.0 Å². The third-order valence-electron chi connectivity index (χ3n) is 4.86. The normalized spacial score (nSPS) is 15.8. The lowest BCUT2D eigenvalue weighted by atomic mass is 10.1. The fourth-order valence-electron chi connectivity index (χ4n) is 3.50. The summed E-state index contributed by atoms with van der Waals surface area (Å²) >= 11 is 0. The maximum atomic E-state index is 13.0. The van der Waals surface area contributed by atoms with Crippen molar-refractivity contribution < 1.29 is 4.79 Å². The van der Waals surface area contributed by atoms with Gasteiger partial charge in [-0.25, -0.2) is 0 Å². The number of hydrogen-bond donors (Lipinski definition) is 0. The van der Waals surface area contributed by atoms with E-state index in [9.17, 15) is 4.79 Å². The number of hydrogen-bond acceptors (Lipinski definition) is 3. The molecular formula is C20H20N4O. The Bertz CT molecular complexity index is 916. The van der Waals surface area contributed by atoms with Crippen LogP contribution in [0.3, 0.4) is 0 Å². The summed E-state index contributed by atoms with van der Waals surface area (Å²) in [5, 5.41) is 8.86. The van der Waals surface area contributed by atoms with Crippen LogP contribution in [0.15, 0.2) is 54.6 Å². The van der Waals surface area contributed by atoms with Crippen molar-refractivity contribution in [3.8, 4) is 5.69 Å². The molecule has 25 heavy (non-hydrogen) atoms. The molecule has 5 nitrogen and oxygen atoms in total. The zero-order chi connectivity index (χ0) is 17.4. The van der Waals surface area contributed by atoms with Gasteiger partial charge in [0.25, 0.3) is 5.91 Å². The average Bonchev–Trinajstić information content (AvgIpc) is 3.25. The number of rotatable bonds is 3. The summed E-state index contributed by atoms with van der Waals surface area (Å²) < 4.78 is 0. The van der Waals surface area contributed by atoms with Crippen LogP contribution in [-0.2, 0) is 6.42 Å². The summed E-state index contributed by atoms with van der Waals surface area (Å²) in [6.45, 7) is 1.83. The van der Waals surface area contributed by atoms with Crippen molar-refractivity contribution in [3.05, 3.63) is 77.1 Å². The monoisotopic (exact) mass is 332 g/mol. The van der Waals surface area contributed by atoms with Gasteiger partial charge in [-0.2, -0.15) is 9.90 Å². The zero-order valence-electron chi connectivity index (χ0n) is 14.4. The highest BCUT2D eigenvalue weighted by atomic mass is 16.2. The summed E-state index contributed by atoms with van der Waals surface area (Å²) in [7, 11) is 1.86. The van der Waals surface area contributed by atoms with Crippen molar-refractivity contribution in [1.29, 1.82) is 0 Å². The van der Waals surface area contributed by atoms with Gasteiger partial charge in [-0.1, -0.05) is 42.5 Å².